The lowest BCUT2D eigenvalue weighted by molar-refractivity contribution is -0.151. The third-order valence-electron chi connectivity index (χ3n) is 3.48. The summed E-state index contributed by atoms with van der Waals surface area (Å²) in [6.45, 7) is 0. The first-order chi connectivity index (χ1) is 9.65. The van der Waals surface area contributed by atoms with Gasteiger partial charge in [-0.25, -0.2) is 4.79 Å². The number of aliphatic hydroxyl groups excluding tert-OH is 2. The summed E-state index contributed by atoms with van der Waals surface area (Å²) in [4.78, 5) is 11.1. The van der Waals surface area contributed by atoms with Gasteiger partial charge in [0.25, 0.3) is 0 Å². The van der Waals surface area contributed by atoms with E-state index in [0.717, 1.165) is 22.4 Å². The lowest BCUT2D eigenvalue weighted by atomic mass is 9.96. The molecule has 0 aliphatic carbocycles. The number of esters is 1. The molecule has 2 N–H and O–H groups in total. The molecule has 3 rings (SSSR count). The Balaban J connectivity index is 1.90. The second kappa shape index (κ2) is 5.07. The Morgan fingerprint density at radius 3 is 2.65 bits per heavy atom. The van der Waals surface area contributed by atoms with Crippen LogP contribution in [0.3, 0.4) is 0 Å². The van der Waals surface area contributed by atoms with Crippen LogP contribution in [0.5, 0.6) is 0 Å². The number of benzene rings is 2. The van der Waals surface area contributed by atoms with E-state index in [2.05, 4.69) is 4.74 Å². The minimum absolute atomic E-state index is 0.211. The van der Waals surface area contributed by atoms with E-state index in [-0.39, 0.29) is 5.57 Å². The van der Waals surface area contributed by atoms with Gasteiger partial charge in [-0.05, 0) is 16.3 Å². The number of carbonyl (C=O) groups excluding carboxylic acids is 1. The van der Waals surface area contributed by atoms with Crippen LogP contribution in [-0.2, 0) is 16.0 Å². The van der Waals surface area contributed by atoms with Crippen LogP contribution in [0, 0.1) is 0 Å². The van der Waals surface area contributed by atoms with Crippen molar-refractivity contribution in [1.82, 2.24) is 0 Å². The standard InChI is InChI=1S/C16H14O4/c17-14(13-9-15(18)20-16(13)19)8-11-6-3-5-10-4-1-2-7-12(10)11/h1-7,9,14,16-17,19H,8H2. The van der Waals surface area contributed by atoms with Gasteiger partial charge in [-0.2, -0.15) is 0 Å². The van der Waals surface area contributed by atoms with E-state index in [1.165, 1.54) is 0 Å². The number of hydrogen-bond acceptors (Lipinski definition) is 4. The van der Waals surface area contributed by atoms with Crippen molar-refractivity contribution in [2.75, 3.05) is 0 Å². The highest BCUT2D eigenvalue weighted by molar-refractivity contribution is 5.87. The van der Waals surface area contributed by atoms with Gasteiger partial charge in [0.15, 0.2) is 0 Å². The topological polar surface area (TPSA) is 66.8 Å². The molecular weight excluding hydrogens is 256 g/mol. The summed E-state index contributed by atoms with van der Waals surface area (Å²) in [7, 11) is 0. The Morgan fingerprint density at radius 2 is 1.90 bits per heavy atom. The maximum absolute atomic E-state index is 11.1. The number of fused-ring (bicyclic) bond motifs is 1. The molecule has 20 heavy (non-hydrogen) atoms. The first kappa shape index (κ1) is 12.8. The zero-order chi connectivity index (χ0) is 14.1. The molecular formula is C16H14O4. The van der Waals surface area contributed by atoms with Gasteiger partial charge in [0.2, 0.25) is 6.29 Å². The van der Waals surface area contributed by atoms with Gasteiger partial charge in [-0.1, -0.05) is 42.5 Å². The maximum atomic E-state index is 11.1. The molecule has 0 aromatic heterocycles. The molecule has 0 saturated heterocycles. The first-order valence-corrected chi connectivity index (χ1v) is 6.40. The summed E-state index contributed by atoms with van der Waals surface area (Å²) in [5, 5.41) is 21.9. The number of rotatable bonds is 3. The van der Waals surface area contributed by atoms with Crippen LogP contribution in [0.15, 0.2) is 54.1 Å². The predicted molar refractivity (Wildman–Crippen MR) is 73.8 cm³/mol. The van der Waals surface area contributed by atoms with Gasteiger partial charge in [-0.3, -0.25) is 0 Å². The molecule has 0 saturated carbocycles. The predicted octanol–water partition coefficient (Wildman–Crippen LogP) is 1.54. The number of cyclic esters (lactones) is 1. The average Bonchev–Trinajstić information content (AvgIpc) is 2.78. The molecule has 1 heterocycles. The van der Waals surface area contributed by atoms with Crippen LogP contribution in [0.25, 0.3) is 10.8 Å². The molecule has 0 bridgehead atoms. The third-order valence-corrected chi connectivity index (χ3v) is 3.48. The summed E-state index contributed by atoms with van der Waals surface area (Å²) in [6.07, 6.45) is -0.809. The quantitative estimate of drug-likeness (QED) is 0.830. The molecule has 0 spiro atoms. The number of hydrogen-bond donors (Lipinski definition) is 2. The molecule has 4 heteroatoms. The van der Waals surface area contributed by atoms with Crippen molar-refractivity contribution in [3.63, 3.8) is 0 Å². The Hall–Kier alpha value is -2.17. The normalized spacial score (nSPS) is 19.8. The van der Waals surface area contributed by atoms with Crippen molar-refractivity contribution in [3.05, 3.63) is 59.7 Å². The molecule has 0 fully saturated rings. The Morgan fingerprint density at radius 1 is 1.15 bits per heavy atom. The monoisotopic (exact) mass is 270 g/mol. The van der Waals surface area contributed by atoms with Gasteiger partial charge in [0, 0.05) is 18.1 Å². The summed E-state index contributed by atoms with van der Waals surface area (Å²) in [5.74, 6) is -0.621. The maximum Gasteiger partial charge on any atom is 0.333 e. The smallest absolute Gasteiger partial charge is 0.333 e. The summed E-state index contributed by atoms with van der Waals surface area (Å²) >= 11 is 0. The molecule has 1 aliphatic heterocycles. The van der Waals surface area contributed by atoms with Gasteiger partial charge in [0.1, 0.15) is 0 Å². The molecule has 2 aromatic rings. The minimum atomic E-state index is -1.34. The zero-order valence-corrected chi connectivity index (χ0v) is 10.7. The highest BCUT2D eigenvalue weighted by Gasteiger charge is 2.29. The van der Waals surface area contributed by atoms with Gasteiger partial charge in [-0.15, -0.1) is 0 Å². The van der Waals surface area contributed by atoms with E-state index < -0.39 is 18.4 Å². The van der Waals surface area contributed by atoms with Crippen LogP contribution in [0.2, 0.25) is 0 Å². The van der Waals surface area contributed by atoms with Crippen molar-refractivity contribution in [2.24, 2.45) is 0 Å². The highest BCUT2D eigenvalue weighted by Crippen LogP contribution is 2.24. The van der Waals surface area contributed by atoms with Crippen LogP contribution < -0.4 is 0 Å². The first-order valence-electron chi connectivity index (χ1n) is 6.40. The number of ether oxygens (including phenoxy) is 1. The molecule has 2 atom stereocenters. The second-order valence-electron chi connectivity index (χ2n) is 4.79. The third kappa shape index (κ3) is 2.31. The largest absolute Gasteiger partial charge is 0.429 e. The Bertz CT molecular complexity index is 684. The fourth-order valence-electron chi connectivity index (χ4n) is 2.48. The molecule has 2 aromatic carbocycles. The van der Waals surface area contributed by atoms with E-state index >= 15 is 0 Å². The van der Waals surface area contributed by atoms with E-state index in [9.17, 15) is 15.0 Å². The van der Waals surface area contributed by atoms with Crippen LogP contribution in [0.4, 0.5) is 0 Å². The van der Waals surface area contributed by atoms with Gasteiger partial charge < -0.3 is 14.9 Å². The molecule has 2 unspecified atom stereocenters. The van der Waals surface area contributed by atoms with Gasteiger partial charge in [0.05, 0.1) is 6.10 Å². The van der Waals surface area contributed by atoms with Crippen LogP contribution in [0.1, 0.15) is 5.56 Å². The van der Waals surface area contributed by atoms with Crippen LogP contribution >= 0.6 is 0 Å². The van der Waals surface area contributed by atoms with Crippen molar-refractivity contribution in [3.8, 4) is 0 Å². The van der Waals surface area contributed by atoms with Crippen molar-refractivity contribution < 1.29 is 19.7 Å². The fraction of sp³-hybridized carbons (Fsp3) is 0.188. The van der Waals surface area contributed by atoms with E-state index in [4.69, 9.17) is 0 Å². The van der Waals surface area contributed by atoms with E-state index in [1.807, 2.05) is 42.5 Å². The molecule has 4 nitrogen and oxygen atoms in total. The fourth-order valence-corrected chi connectivity index (χ4v) is 2.48. The summed E-state index contributed by atoms with van der Waals surface area (Å²) in [6, 6.07) is 13.7. The number of carbonyl (C=O) groups is 1. The van der Waals surface area contributed by atoms with E-state index in [0.29, 0.717) is 6.42 Å². The summed E-state index contributed by atoms with van der Waals surface area (Å²) in [5.41, 5.74) is 1.17. The average molecular weight is 270 g/mol. The van der Waals surface area contributed by atoms with E-state index in [1.54, 1.807) is 0 Å². The van der Waals surface area contributed by atoms with Crippen molar-refractivity contribution in [1.29, 1.82) is 0 Å². The second-order valence-corrected chi connectivity index (χ2v) is 4.79. The number of aliphatic hydroxyl groups is 2. The zero-order valence-electron chi connectivity index (χ0n) is 10.7. The molecule has 0 radical (unpaired) electrons. The minimum Gasteiger partial charge on any atom is -0.429 e. The van der Waals surface area contributed by atoms with Crippen molar-refractivity contribution >= 4 is 16.7 Å². The van der Waals surface area contributed by atoms with Crippen LogP contribution in [-0.4, -0.2) is 28.6 Å². The Labute approximate surface area is 115 Å². The lowest BCUT2D eigenvalue weighted by Gasteiger charge is -2.15. The highest BCUT2D eigenvalue weighted by atomic mass is 16.6. The molecule has 0 amide bonds. The SMILES string of the molecule is O=C1C=C(C(O)Cc2cccc3ccccc23)C(O)O1. The van der Waals surface area contributed by atoms with Crippen molar-refractivity contribution in [2.45, 2.75) is 18.8 Å². The Kier molecular flexibility index (Phi) is 3.26. The lowest BCUT2D eigenvalue weighted by Crippen LogP contribution is -2.22. The molecule has 1 aliphatic rings. The summed E-state index contributed by atoms with van der Waals surface area (Å²) < 4.78 is 4.58. The van der Waals surface area contributed by atoms with Gasteiger partial charge >= 0.3 is 5.97 Å². The molecule has 102 valence electrons.